The van der Waals surface area contributed by atoms with Crippen molar-refractivity contribution in [3.8, 4) is 0 Å². The van der Waals surface area contributed by atoms with Gasteiger partial charge in [-0.25, -0.2) is 4.79 Å². The second kappa shape index (κ2) is 4.66. The molecule has 0 aliphatic carbocycles. The molecule has 2 aliphatic rings. The molecular formula is C14H18N3O2+. The van der Waals surface area contributed by atoms with Crippen molar-refractivity contribution in [3.63, 3.8) is 0 Å². The molecule has 1 aromatic carbocycles. The minimum absolute atomic E-state index is 0.0581. The first-order chi connectivity index (χ1) is 9.20. The number of nitrogens with zero attached hydrogens (tertiary/aromatic N) is 2. The number of fused-ring (bicyclic) bond motifs is 1. The van der Waals surface area contributed by atoms with E-state index in [1.807, 2.05) is 37.3 Å². The van der Waals surface area contributed by atoms with Crippen molar-refractivity contribution in [3.05, 3.63) is 35.9 Å². The van der Waals surface area contributed by atoms with Crippen LogP contribution < -0.4 is 5.32 Å². The standard InChI is InChI=1S/C14H17N3O2/c1-10(11-5-3-2-4-6-11)17-13(18)12-9-15-7-8-16(12)14(17)19/h2-6,10,12,15H,7-9H2,1H3/p+1/t10-,12+/m1/s1. The van der Waals surface area contributed by atoms with Crippen LogP contribution in [0.25, 0.3) is 0 Å². The number of carbonyl (C=O) groups is 2. The normalized spacial score (nSPS) is 24.6. The lowest BCUT2D eigenvalue weighted by Crippen LogP contribution is -2.91. The van der Waals surface area contributed by atoms with Crippen molar-refractivity contribution in [2.24, 2.45) is 0 Å². The van der Waals surface area contributed by atoms with Crippen molar-refractivity contribution in [1.29, 1.82) is 0 Å². The van der Waals surface area contributed by atoms with Crippen LogP contribution in [0.3, 0.4) is 0 Å². The maximum Gasteiger partial charge on any atom is 0.328 e. The van der Waals surface area contributed by atoms with Gasteiger partial charge in [-0.05, 0) is 12.5 Å². The Kier molecular flexibility index (Phi) is 2.98. The van der Waals surface area contributed by atoms with Crippen LogP contribution in [0, 0.1) is 0 Å². The summed E-state index contributed by atoms with van der Waals surface area (Å²) in [6.07, 6.45) is 0. The average Bonchev–Trinajstić information content (AvgIpc) is 2.72. The Labute approximate surface area is 112 Å². The summed E-state index contributed by atoms with van der Waals surface area (Å²) in [5, 5.41) is 2.10. The second-order valence-electron chi connectivity index (χ2n) is 5.10. The molecule has 2 atom stereocenters. The number of quaternary nitrogens is 1. The second-order valence-corrected chi connectivity index (χ2v) is 5.10. The van der Waals surface area contributed by atoms with Crippen LogP contribution in [0.2, 0.25) is 0 Å². The first-order valence-electron chi connectivity index (χ1n) is 6.70. The molecule has 3 amide bonds. The predicted octanol–water partition coefficient (Wildman–Crippen LogP) is -0.0426. The third kappa shape index (κ3) is 1.90. The van der Waals surface area contributed by atoms with Gasteiger partial charge in [-0.2, -0.15) is 0 Å². The summed E-state index contributed by atoms with van der Waals surface area (Å²) in [5.74, 6) is -0.0581. The quantitative estimate of drug-likeness (QED) is 0.758. The summed E-state index contributed by atoms with van der Waals surface area (Å²) in [5.41, 5.74) is 0.994. The average molecular weight is 260 g/mol. The molecule has 0 radical (unpaired) electrons. The monoisotopic (exact) mass is 260 g/mol. The zero-order chi connectivity index (χ0) is 13.4. The van der Waals surface area contributed by atoms with Crippen LogP contribution in [0.15, 0.2) is 30.3 Å². The summed E-state index contributed by atoms with van der Waals surface area (Å²) in [7, 11) is 0. The number of benzene rings is 1. The van der Waals surface area contributed by atoms with E-state index in [1.54, 1.807) is 4.90 Å². The smallest absolute Gasteiger partial charge is 0.328 e. The van der Waals surface area contributed by atoms with Gasteiger partial charge in [0.25, 0.3) is 5.91 Å². The highest BCUT2D eigenvalue weighted by molar-refractivity contribution is 6.04. The number of imide groups is 1. The number of hydrogen-bond donors (Lipinski definition) is 1. The van der Waals surface area contributed by atoms with Gasteiger partial charge in [-0.15, -0.1) is 0 Å². The number of nitrogens with two attached hydrogens (primary N) is 1. The molecule has 19 heavy (non-hydrogen) atoms. The van der Waals surface area contributed by atoms with Gasteiger partial charge in [0.05, 0.1) is 19.1 Å². The summed E-state index contributed by atoms with van der Waals surface area (Å²) in [6.45, 7) is 4.13. The molecule has 2 heterocycles. The lowest BCUT2D eigenvalue weighted by Gasteiger charge is -2.25. The molecule has 0 bridgehead atoms. The summed E-state index contributed by atoms with van der Waals surface area (Å²) in [6, 6.07) is 9.08. The molecule has 2 aliphatic heterocycles. The molecule has 2 saturated heterocycles. The van der Waals surface area contributed by atoms with Crippen molar-refractivity contribution in [1.82, 2.24) is 9.80 Å². The Balaban J connectivity index is 1.88. The van der Waals surface area contributed by atoms with Gasteiger partial charge in [0.15, 0.2) is 6.04 Å². The number of urea groups is 1. The minimum atomic E-state index is -0.271. The minimum Gasteiger partial charge on any atom is -0.343 e. The van der Waals surface area contributed by atoms with Gasteiger partial charge in [-0.1, -0.05) is 30.3 Å². The van der Waals surface area contributed by atoms with Crippen LogP contribution >= 0.6 is 0 Å². The first-order valence-corrected chi connectivity index (χ1v) is 6.70. The Morgan fingerprint density at radius 1 is 1.26 bits per heavy atom. The zero-order valence-electron chi connectivity index (χ0n) is 11.0. The van der Waals surface area contributed by atoms with E-state index in [2.05, 4.69) is 5.32 Å². The molecule has 0 spiro atoms. The molecule has 0 unspecified atom stereocenters. The van der Waals surface area contributed by atoms with Crippen LogP contribution in [-0.4, -0.2) is 47.4 Å². The van der Waals surface area contributed by atoms with Crippen LogP contribution in [0.1, 0.15) is 18.5 Å². The lowest BCUT2D eigenvalue weighted by atomic mass is 10.1. The van der Waals surface area contributed by atoms with Crippen LogP contribution in [0.4, 0.5) is 4.79 Å². The molecular weight excluding hydrogens is 242 g/mol. The SMILES string of the molecule is C[C@H](c1ccccc1)N1C(=O)[C@@H]2C[NH2+]CCN2C1=O. The third-order valence-electron chi connectivity index (χ3n) is 3.98. The van der Waals surface area contributed by atoms with Gasteiger partial charge < -0.3 is 10.2 Å². The largest absolute Gasteiger partial charge is 0.343 e. The molecule has 5 nitrogen and oxygen atoms in total. The van der Waals surface area contributed by atoms with Gasteiger partial charge in [-0.3, -0.25) is 9.69 Å². The Morgan fingerprint density at radius 2 is 2.00 bits per heavy atom. The lowest BCUT2D eigenvalue weighted by molar-refractivity contribution is -0.665. The summed E-state index contributed by atoms with van der Waals surface area (Å²) < 4.78 is 0. The van der Waals surface area contributed by atoms with Gasteiger partial charge in [0.1, 0.15) is 6.54 Å². The number of carbonyl (C=O) groups excluding carboxylic acids is 2. The number of amides is 3. The fourth-order valence-corrected chi connectivity index (χ4v) is 2.88. The Bertz CT molecular complexity index is 479. The first kappa shape index (κ1) is 12.2. The van der Waals surface area contributed by atoms with E-state index >= 15 is 0 Å². The van der Waals surface area contributed by atoms with E-state index in [0.29, 0.717) is 13.1 Å². The van der Waals surface area contributed by atoms with E-state index in [9.17, 15) is 9.59 Å². The van der Waals surface area contributed by atoms with E-state index in [-0.39, 0.29) is 24.0 Å². The fourth-order valence-electron chi connectivity index (χ4n) is 2.88. The van der Waals surface area contributed by atoms with Crippen LogP contribution in [0.5, 0.6) is 0 Å². The van der Waals surface area contributed by atoms with Crippen molar-refractivity contribution >= 4 is 11.9 Å². The summed E-state index contributed by atoms with van der Waals surface area (Å²) in [4.78, 5) is 27.9. The molecule has 0 saturated carbocycles. The van der Waals surface area contributed by atoms with Crippen LogP contribution in [-0.2, 0) is 4.79 Å². The van der Waals surface area contributed by atoms with E-state index in [4.69, 9.17) is 0 Å². The molecule has 2 fully saturated rings. The van der Waals surface area contributed by atoms with E-state index in [0.717, 1.165) is 12.1 Å². The highest BCUT2D eigenvalue weighted by atomic mass is 16.2. The maximum atomic E-state index is 12.4. The zero-order valence-corrected chi connectivity index (χ0v) is 11.0. The fraction of sp³-hybridized carbons (Fsp3) is 0.429. The van der Waals surface area contributed by atoms with E-state index in [1.165, 1.54) is 4.90 Å². The predicted molar refractivity (Wildman–Crippen MR) is 69.3 cm³/mol. The maximum absolute atomic E-state index is 12.4. The number of rotatable bonds is 2. The highest BCUT2D eigenvalue weighted by Crippen LogP contribution is 2.28. The van der Waals surface area contributed by atoms with Gasteiger partial charge >= 0.3 is 6.03 Å². The number of piperazine rings is 1. The Hall–Kier alpha value is -1.88. The molecule has 5 heteroatoms. The van der Waals surface area contributed by atoms with Gasteiger partial charge in [0.2, 0.25) is 0 Å². The van der Waals surface area contributed by atoms with Crippen molar-refractivity contribution in [2.45, 2.75) is 19.0 Å². The third-order valence-corrected chi connectivity index (χ3v) is 3.98. The molecule has 0 aromatic heterocycles. The topological polar surface area (TPSA) is 57.2 Å². The van der Waals surface area contributed by atoms with E-state index < -0.39 is 0 Å². The summed E-state index contributed by atoms with van der Waals surface area (Å²) >= 11 is 0. The molecule has 100 valence electrons. The molecule has 3 rings (SSSR count). The molecule has 2 N–H and O–H groups in total. The Morgan fingerprint density at radius 3 is 2.68 bits per heavy atom. The molecule has 1 aromatic rings. The highest BCUT2D eigenvalue weighted by Gasteiger charge is 2.49. The van der Waals surface area contributed by atoms with Crippen molar-refractivity contribution in [2.75, 3.05) is 19.6 Å². The van der Waals surface area contributed by atoms with Crippen molar-refractivity contribution < 1.29 is 14.9 Å². The number of hydrogen-bond acceptors (Lipinski definition) is 2. The van der Waals surface area contributed by atoms with Gasteiger partial charge in [0, 0.05) is 0 Å².